The molecule has 1 amide bonds. The number of rotatable bonds is 7. The van der Waals surface area contributed by atoms with Crippen LogP contribution in [0, 0.1) is 12.3 Å². The fourth-order valence-electron chi connectivity index (χ4n) is 4.65. The molecule has 2 saturated heterocycles. The van der Waals surface area contributed by atoms with Gasteiger partial charge in [0.2, 0.25) is 5.91 Å². The number of likely N-dealkylation sites (N-methyl/N-ethyl adjacent to an activating group) is 1. The highest BCUT2D eigenvalue weighted by molar-refractivity contribution is 5.80. The molecule has 2 aliphatic rings. The third kappa shape index (κ3) is 4.92. The van der Waals surface area contributed by atoms with Gasteiger partial charge in [-0.05, 0) is 42.8 Å². The Labute approximate surface area is 182 Å². The molecule has 1 atom stereocenters. The maximum absolute atomic E-state index is 12.7. The predicted molar refractivity (Wildman–Crippen MR) is 113 cm³/mol. The van der Waals surface area contributed by atoms with Crippen molar-refractivity contribution in [2.75, 3.05) is 26.7 Å². The molecule has 31 heavy (non-hydrogen) atoms. The second-order valence-electron chi connectivity index (χ2n) is 8.77. The highest BCUT2D eigenvalue weighted by atomic mass is 16.6. The number of amides is 1. The molecule has 2 aliphatic heterocycles. The van der Waals surface area contributed by atoms with E-state index in [1.165, 1.54) is 5.56 Å². The lowest BCUT2D eigenvalue weighted by molar-refractivity contribution is -0.152. The van der Waals surface area contributed by atoms with Crippen molar-refractivity contribution in [3.05, 3.63) is 41.7 Å². The van der Waals surface area contributed by atoms with Crippen LogP contribution in [0.15, 0.2) is 30.3 Å². The van der Waals surface area contributed by atoms with Gasteiger partial charge in [0.15, 0.2) is 0 Å². The summed E-state index contributed by atoms with van der Waals surface area (Å²) in [5, 5.41) is 11.3. The number of hydrogen-bond acceptors (Lipinski definition) is 7. The number of cyclic esters (lactones) is 1. The summed E-state index contributed by atoms with van der Waals surface area (Å²) in [6.07, 6.45) is 2.33. The lowest BCUT2D eigenvalue weighted by Crippen LogP contribution is -2.45. The van der Waals surface area contributed by atoms with Crippen molar-refractivity contribution in [1.29, 1.82) is 0 Å². The Balaban J connectivity index is 1.25. The van der Waals surface area contributed by atoms with E-state index in [4.69, 9.17) is 4.74 Å². The van der Waals surface area contributed by atoms with Gasteiger partial charge in [0, 0.05) is 39.0 Å². The van der Waals surface area contributed by atoms with Crippen molar-refractivity contribution in [1.82, 2.24) is 30.0 Å². The lowest BCUT2D eigenvalue weighted by Gasteiger charge is -2.36. The number of hydrogen-bond donors (Lipinski definition) is 0. The predicted octanol–water partition coefficient (Wildman–Crippen LogP) is 1.43. The molecular formula is C22H30N6O3. The lowest BCUT2D eigenvalue weighted by atomic mass is 9.76. The van der Waals surface area contributed by atoms with Crippen LogP contribution >= 0.6 is 0 Å². The summed E-state index contributed by atoms with van der Waals surface area (Å²) >= 11 is 0. The average Bonchev–Trinajstić information content (AvgIpc) is 3.30. The van der Waals surface area contributed by atoms with Crippen LogP contribution in [-0.4, -0.2) is 74.7 Å². The van der Waals surface area contributed by atoms with E-state index in [1.54, 1.807) is 4.68 Å². The van der Waals surface area contributed by atoms with E-state index in [-0.39, 0.29) is 18.0 Å². The van der Waals surface area contributed by atoms with Gasteiger partial charge in [-0.15, -0.1) is 5.10 Å². The standard InChI is InChI=1S/C22H30N6O3/c1-17-23-24-25-28(17)11-8-20(29)27-12-9-22(10-13-27)14-19(31-21(22)30)16-26(2)15-18-6-4-3-5-7-18/h3-7,19H,8-16H2,1-2H3. The molecule has 1 unspecified atom stereocenters. The van der Waals surface area contributed by atoms with E-state index < -0.39 is 5.41 Å². The van der Waals surface area contributed by atoms with Crippen LogP contribution in [0.1, 0.15) is 37.1 Å². The molecule has 0 N–H and O–H groups in total. The van der Waals surface area contributed by atoms with Crippen molar-refractivity contribution in [2.45, 2.75) is 51.8 Å². The Morgan fingerprint density at radius 2 is 2.00 bits per heavy atom. The molecule has 2 aromatic rings. The number of esters is 1. The molecule has 1 spiro atoms. The van der Waals surface area contributed by atoms with E-state index >= 15 is 0 Å². The molecule has 1 aromatic heterocycles. The SMILES string of the molecule is Cc1nnnn1CCC(=O)N1CCC2(CC1)CC(CN(C)Cc1ccccc1)OC2=O. The van der Waals surface area contributed by atoms with Gasteiger partial charge in [-0.1, -0.05) is 30.3 Å². The molecule has 166 valence electrons. The summed E-state index contributed by atoms with van der Waals surface area (Å²) in [5.74, 6) is 0.680. The number of carbonyl (C=O) groups is 2. The number of aromatic nitrogens is 4. The topological polar surface area (TPSA) is 93.5 Å². The molecule has 0 saturated carbocycles. The molecule has 0 bridgehead atoms. The first-order chi connectivity index (χ1) is 14.9. The molecule has 9 heteroatoms. The zero-order chi connectivity index (χ0) is 21.8. The molecule has 1 aromatic carbocycles. The Morgan fingerprint density at radius 1 is 1.26 bits per heavy atom. The third-order valence-corrected chi connectivity index (χ3v) is 6.46. The minimum Gasteiger partial charge on any atom is -0.461 e. The highest BCUT2D eigenvalue weighted by Gasteiger charge is 2.50. The quantitative estimate of drug-likeness (QED) is 0.618. The van der Waals surface area contributed by atoms with Crippen LogP contribution in [-0.2, 0) is 27.4 Å². The van der Waals surface area contributed by atoms with E-state index in [9.17, 15) is 9.59 Å². The van der Waals surface area contributed by atoms with Gasteiger partial charge >= 0.3 is 5.97 Å². The molecule has 0 radical (unpaired) electrons. The molecule has 2 fully saturated rings. The van der Waals surface area contributed by atoms with Crippen LogP contribution in [0.3, 0.4) is 0 Å². The fraction of sp³-hybridized carbons (Fsp3) is 0.591. The number of aryl methyl sites for hydroxylation is 2. The zero-order valence-electron chi connectivity index (χ0n) is 18.2. The molecule has 0 aliphatic carbocycles. The highest BCUT2D eigenvalue weighted by Crippen LogP contribution is 2.43. The van der Waals surface area contributed by atoms with Crippen LogP contribution < -0.4 is 0 Å². The third-order valence-electron chi connectivity index (χ3n) is 6.46. The summed E-state index contributed by atoms with van der Waals surface area (Å²) in [7, 11) is 2.06. The molecule has 4 rings (SSSR count). The molecular weight excluding hydrogens is 396 g/mol. The minimum atomic E-state index is -0.443. The summed E-state index contributed by atoms with van der Waals surface area (Å²) in [5.41, 5.74) is 0.800. The van der Waals surface area contributed by atoms with Gasteiger partial charge in [-0.25, -0.2) is 4.68 Å². The van der Waals surface area contributed by atoms with Gasteiger partial charge in [-0.2, -0.15) is 0 Å². The largest absolute Gasteiger partial charge is 0.461 e. The van der Waals surface area contributed by atoms with Crippen LogP contribution in [0.4, 0.5) is 0 Å². The normalized spacial score (nSPS) is 20.4. The maximum atomic E-state index is 12.7. The van der Waals surface area contributed by atoms with E-state index in [0.717, 1.165) is 19.5 Å². The van der Waals surface area contributed by atoms with Crippen molar-refractivity contribution < 1.29 is 14.3 Å². The first-order valence-electron chi connectivity index (χ1n) is 10.9. The van der Waals surface area contributed by atoms with E-state index in [1.807, 2.05) is 30.0 Å². The van der Waals surface area contributed by atoms with Crippen molar-refractivity contribution in [2.24, 2.45) is 5.41 Å². The van der Waals surface area contributed by atoms with Crippen LogP contribution in [0.5, 0.6) is 0 Å². The first-order valence-corrected chi connectivity index (χ1v) is 10.9. The smallest absolute Gasteiger partial charge is 0.312 e. The van der Waals surface area contributed by atoms with Gasteiger partial charge in [0.25, 0.3) is 0 Å². The number of likely N-dealkylation sites (tertiary alicyclic amines) is 1. The maximum Gasteiger partial charge on any atom is 0.312 e. The summed E-state index contributed by atoms with van der Waals surface area (Å²) in [6, 6.07) is 10.3. The number of carbonyl (C=O) groups excluding carboxylic acids is 2. The minimum absolute atomic E-state index is 0.0789. The molecule has 9 nitrogen and oxygen atoms in total. The summed E-state index contributed by atoms with van der Waals surface area (Å²) in [4.78, 5) is 29.4. The van der Waals surface area contributed by atoms with Crippen molar-refractivity contribution >= 4 is 11.9 Å². The van der Waals surface area contributed by atoms with Gasteiger partial charge in [-0.3, -0.25) is 14.5 Å². The van der Waals surface area contributed by atoms with Crippen LogP contribution in [0.25, 0.3) is 0 Å². The number of ether oxygens (including phenoxy) is 1. The van der Waals surface area contributed by atoms with Crippen molar-refractivity contribution in [3.8, 4) is 0 Å². The van der Waals surface area contributed by atoms with Crippen LogP contribution in [0.2, 0.25) is 0 Å². The molecule has 3 heterocycles. The van der Waals surface area contributed by atoms with Gasteiger partial charge < -0.3 is 9.64 Å². The fourth-order valence-corrected chi connectivity index (χ4v) is 4.65. The Hall–Kier alpha value is -2.81. The number of piperidine rings is 1. The van der Waals surface area contributed by atoms with Crippen molar-refractivity contribution in [3.63, 3.8) is 0 Å². The average molecular weight is 427 g/mol. The Bertz CT molecular complexity index is 907. The Morgan fingerprint density at radius 3 is 2.68 bits per heavy atom. The summed E-state index contributed by atoms with van der Waals surface area (Å²) in [6.45, 7) is 5.01. The van der Waals surface area contributed by atoms with E-state index in [0.29, 0.717) is 44.7 Å². The first kappa shape index (κ1) is 21.4. The second-order valence-corrected chi connectivity index (χ2v) is 8.77. The summed E-state index contributed by atoms with van der Waals surface area (Å²) < 4.78 is 7.39. The van der Waals surface area contributed by atoms with Gasteiger partial charge in [0.05, 0.1) is 12.0 Å². The second kappa shape index (κ2) is 9.13. The Kier molecular flexibility index (Phi) is 6.31. The zero-order valence-corrected chi connectivity index (χ0v) is 18.2. The number of benzene rings is 1. The number of tetrazole rings is 1. The van der Waals surface area contributed by atoms with E-state index in [2.05, 4.69) is 39.6 Å². The number of nitrogens with zero attached hydrogens (tertiary/aromatic N) is 6. The van der Waals surface area contributed by atoms with Gasteiger partial charge in [0.1, 0.15) is 11.9 Å². The monoisotopic (exact) mass is 426 g/mol.